The van der Waals surface area contributed by atoms with Gasteiger partial charge in [-0.15, -0.1) is 0 Å². The van der Waals surface area contributed by atoms with Crippen LogP contribution in [0, 0.1) is 0 Å². The number of benzene rings is 1. The maximum Gasteiger partial charge on any atom is 0.317 e. The van der Waals surface area contributed by atoms with E-state index in [1.165, 1.54) is 0 Å². The number of nitrogens with two attached hydrogens (primary N) is 2. The number of anilines is 1. The summed E-state index contributed by atoms with van der Waals surface area (Å²) in [6.07, 6.45) is 0. The Morgan fingerprint density at radius 1 is 1.19 bits per heavy atom. The van der Waals surface area contributed by atoms with E-state index >= 15 is 0 Å². The van der Waals surface area contributed by atoms with Crippen molar-refractivity contribution >= 4 is 28.7 Å². The minimum Gasteiger partial charge on any atom is -0.460 e. The maximum atomic E-state index is 11.7. The summed E-state index contributed by atoms with van der Waals surface area (Å²) in [7, 11) is 0. The molecule has 0 atom stereocenters. The molecule has 0 radical (unpaired) electrons. The third-order valence-corrected chi connectivity index (χ3v) is 3.83. The number of rotatable bonds is 7. The molecule has 0 bridgehead atoms. The Kier molecular flexibility index (Phi) is 4.92. The molecule has 0 aliphatic heterocycles. The lowest BCUT2D eigenvalue weighted by Gasteiger charge is -2.01. The van der Waals surface area contributed by atoms with Crippen LogP contribution in [0.1, 0.15) is 16.1 Å². The number of carbonyl (C=O) groups is 2. The number of aliphatic hydroxyl groups is 1. The minimum atomic E-state index is -0.801. The topological polar surface area (TPSA) is 159 Å². The zero-order valence-electron chi connectivity index (χ0n) is 13.8. The molecule has 0 saturated heterocycles. The fraction of sp³-hybridized carbons (Fsp3) is 0.176. The van der Waals surface area contributed by atoms with Crippen molar-refractivity contribution in [3.05, 3.63) is 41.7 Å². The normalized spacial score (nSPS) is 11.0. The number of nitrogens with one attached hydrogen (secondary N) is 3. The standard InChI is InChI=1S/C17H19N5O4/c18-15(24)14-11-3-1-9(7-12(11)21-16(14)22-17(19)25)13-4-2-10(26-13)8-20-5-6-23/h1-4,7,20-21,23H,5-6,8H2,(H2,18,24)(H3,19,22,25). The van der Waals surface area contributed by atoms with Gasteiger partial charge in [0.1, 0.15) is 17.3 Å². The van der Waals surface area contributed by atoms with E-state index in [9.17, 15) is 9.59 Å². The number of hydrogen-bond donors (Lipinski definition) is 6. The third kappa shape index (κ3) is 3.53. The predicted octanol–water partition coefficient (Wildman–Crippen LogP) is 1.10. The summed E-state index contributed by atoms with van der Waals surface area (Å²) in [6.45, 7) is 1.04. The molecule has 2 heterocycles. The van der Waals surface area contributed by atoms with Crippen LogP contribution in [0.15, 0.2) is 34.7 Å². The first-order valence-corrected chi connectivity index (χ1v) is 7.92. The molecule has 8 N–H and O–H groups in total. The van der Waals surface area contributed by atoms with Crippen LogP contribution in [0.2, 0.25) is 0 Å². The van der Waals surface area contributed by atoms with Crippen LogP contribution < -0.4 is 22.1 Å². The van der Waals surface area contributed by atoms with Crippen LogP contribution in [0.4, 0.5) is 10.6 Å². The second-order valence-electron chi connectivity index (χ2n) is 5.66. The van der Waals surface area contributed by atoms with Gasteiger partial charge in [0.25, 0.3) is 5.91 Å². The van der Waals surface area contributed by atoms with Crippen molar-refractivity contribution in [1.82, 2.24) is 10.3 Å². The molecule has 136 valence electrons. The maximum absolute atomic E-state index is 11.7. The van der Waals surface area contributed by atoms with Crippen LogP contribution in [0.25, 0.3) is 22.2 Å². The van der Waals surface area contributed by atoms with Crippen LogP contribution >= 0.6 is 0 Å². The molecule has 1 aromatic carbocycles. The summed E-state index contributed by atoms with van der Waals surface area (Å²) in [6, 6.07) is 8.17. The highest BCUT2D eigenvalue weighted by molar-refractivity contribution is 6.13. The molecule has 3 amide bonds. The molecule has 26 heavy (non-hydrogen) atoms. The molecule has 0 aliphatic carbocycles. The summed E-state index contributed by atoms with van der Waals surface area (Å²) < 4.78 is 5.77. The van der Waals surface area contributed by atoms with E-state index in [-0.39, 0.29) is 18.0 Å². The average molecular weight is 357 g/mol. The molecule has 3 aromatic rings. The van der Waals surface area contributed by atoms with Gasteiger partial charge in [-0.3, -0.25) is 10.1 Å². The van der Waals surface area contributed by atoms with Gasteiger partial charge >= 0.3 is 6.03 Å². The number of urea groups is 1. The zero-order chi connectivity index (χ0) is 18.7. The Morgan fingerprint density at radius 2 is 2.00 bits per heavy atom. The average Bonchev–Trinajstić information content (AvgIpc) is 3.17. The van der Waals surface area contributed by atoms with Crippen molar-refractivity contribution in [2.45, 2.75) is 6.54 Å². The number of H-pyrrole nitrogens is 1. The second-order valence-corrected chi connectivity index (χ2v) is 5.66. The highest BCUT2D eigenvalue weighted by atomic mass is 16.3. The molecule has 0 fully saturated rings. The van der Waals surface area contributed by atoms with Crippen molar-refractivity contribution < 1.29 is 19.1 Å². The van der Waals surface area contributed by atoms with Gasteiger partial charge in [0.15, 0.2) is 0 Å². The largest absolute Gasteiger partial charge is 0.460 e. The Hall–Kier alpha value is -3.30. The van der Waals surface area contributed by atoms with Gasteiger partial charge in [-0.1, -0.05) is 12.1 Å². The Balaban J connectivity index is 1.94. The molecule has 0 spiro atoms. The molecule has 9 nitrogen and oxygen atoms in total. The summed E-state index contributed by atoms with van der Waals surface area (Å²) in [5.74, 6) is 0.856. The van der Waals surface area contributed by atoms with E-state index in [1.54, 1.807) is 18.2 Å². The monoisotopic (exact) mass is 357 g/mol. The molecular formula is C17H19N5O4. The number of fused-ring (bicyclic) bond motifs is 1. The van der Waals surface area contributed by atoms with E-state index in [2.05, 4.69) is 15.6 Å². The molecule has 3 rings (SSSR count). The van der Waals surface area contributed by atoms with Crippen molar-refractivity contribution in [2.24, 2.45) is 11.5 Å². The number of amides is 3. The van der Waals surface area contributed by atoms with Gasteiger partial charge in [0.2, 0.25) is 0 Å². The van der Waals surface area contributed by atoms with Crippen LogP contribution in [0.5, 0.6) is 0 Å². The van der Waals surface area contributed by atoms with Crippen LogP contribution in [-0.4, -0.2) is 35.2 Å². The second kappa shape index (κ2) is 7.30. The molecule has 0 unspecified atom stereocenters. The quantitative estimate of drug-likeness (QED) is 0.349. The van der Waals surface area contributed by atoms with E-state index < -0.39 is 11.9 Å². The van der Waals surface area contributed by atoms with Crippen molar-refractivity contribution in [3.63, 3.8) is 0 Å². The van der Waals surface area contributed by atoms with E-state index in [4.69, 9.17) is 21.0 Å². The molecular weight excluding hydrogens is 338 g/mol. The van der Waals surface area contributed by atoms with E-state index in [1.807, 2.05) is 12.1 Å². The number of primary amides is 2. The summed E-state index contributed by atoms with van der Waals surface area (Å²) in [4.78, 5) is 25.8. The first kappa shape index (κ1) is 17.5. The zero-order valence-corrected chi connectivity index (χ0v) is 13.8. The smallest absolute Gasteiger partial charge is 0.317 e. The summed E-state index contributed by atoms with van der Waals surface area (Å²) in [5.41, 5.74) is 12.1. The summed E-state index contributed by atoms with van der Waals surface area (Å²) in [5, 5.41) is 14.8. The highest BCUT2D eigenvalue weighted by Crippen LogP contribution is 2.31. The molecule has 2 aromatic heterocycles. The lowest BCUT2D eigenvalue weighted by Crippen LogP contribution is -2.22. The van der Waals surface area contributed by atoms with Gasteiger partial charge in [0, 0.05) is 23.0 Å². The van der Waals surface area contributed by atoms with E-state index in [0.717, 1.165) is 11.3 Å². The molecule has 9 heteroatoms. The number of furan rings is 1. The lowest BCUT2D eigenvalue weighted by molar-refractivity contribution is 0.100. The van der Waals surface area contributed by atoms with Gasteiger partial charge in [-0.25, -0.2) is 4.79 Å². The van der Waals surface area contributed by atoms with E-state index in [0.29, 0.717) is 29.8 Å². The van der Waals surface area contributed by atoms with Gasteiger partial charge in [-0.2, -0.15) is 0 Å². The number of hydrogen-bond acceptors (Lipinski definition) is 5. The molecule has 0 saturated carbocycles. The SMILES string of the molecule is NC(=O)Nc1[nH]c2cc(-c3ccc(CNCCO)o3)ccc2c1C(N)=O. The van der Waals surface area contributed by atoms with Crippen molar-refractivity contribution in [1.29, 1.82) is 0 Å². The first-order chi connectivity index (χ1) is 12.5. The van der Waals surface area contributed by atoms with Gasteiger partial charge < -0.3 is 31.3 Å². The fourth-order valence-corrected chi connectivity index (χ4v) is 2.74. The predicted molar refractivity (Wildman–Crippen MR) is 96.5 cm³/mol. The number of aliphatic hydroxyl groups excluding tert-OH is 1. The number of aromatic nitrogens is 1. The van der Waals surface area contributed by atoms with Crippen molar-refractivity contribution in [3.8, 4) is 11.3 Å². The fourth-order valence-electron chi connectivity index (χ4n) is 2.74. The van der Waals surface area contributed by atoms with Crippen LogP contribution in [0.3, 0.4) is 0 Å². The van der Waals surface area contributed by atoms with Gasteiger partial charge in [-0.05, 0) is 18.2 Å². The molecule has 0 aliphatic rings. The minimum absolute atomic E-state index is 0.0565. The third-order valence-electron chi connectivity index (χ3n) is 3.83. The number of aromatic amines is 1. The van der Waals surface area contributed by atoms with Crippen molar-refractivity contribution in [2.75, 3.05) is 18.5 Å². The van der Waals surface area contributed by atoms with Crippen LogP contribution in [-0.2, 0) is 6.54 Å². The Morgan fingerprint density at radius 3 is 2.69 bits per heavy atom. The highest BCUT2D eigenvalue weighted by Gasteiger charge is 2.18. The van der Waals surface area contributed by atoms with Gasteiger partial charge in [0.05, 0.1) is 18.7 Å². The first-order valence-electron chi connectivity index (χ1n) is 7.92. The Labute approximate surface area is 148 Å². The Bertz CT molecular complexity index is 959. The number of carbonyl (C=O) groups excluding carboxylic acids is 2. The summed E-state index contributed by atoms with van der Waals surface area (Å²) >= 11 is 0. The lowest BCUT2D eigenvalue weighted by atomic mass is 10.1.